The first kappa shape index (κ1) is 19.1. The number of benzene rings is 2. The summed E-state index contributed by atoms with van der Waals surface area (Å²) >= 11 is 0. The van der Waals surface area contributed by atoms with Crippen LogP contribution in [-0.2, 0) is 33.5 Å². The standard InChI is InChI=1S/C24H32O2/c1-22(2)21-14-18(16-26-7)10-13-20(21)24(5,23(22,3)4)19-11-8-17(9-12-19)15-25-6/h8-14H,15-16H2,1-7H3. The second-order valence-corrected chi connectivity index (χ2v) is 8.82. The highest BCUT2D eigenvalue weighted by atomic mass is 16.5. The van der Waals surface area contributed by atoms with E-state index in [1.807, 2.05) is 0 Å². The molecule has 0 heterocycles. The first-order valence-corrected chi connectivity index (χ1v) is 9.41. The third kappa shape index (κ3) is 2.54. The Balaban J connectivity index is 2.18. The Morgan fingerprint density at radius 3 is 1.81 bits per heavy atom. The van der Waals surface area contributed by atoms with E-state index in [1.165, 1.54) is 27.8 Å². The lowest BCUT2D eigenvalue weighted by Gasteiger charge is -2.47. The molecule has 0 aromatic heterocycles. The second-order valence-electron chi connectivity index (χ2n) is 8.82. The molecular formula is C24H32O2. The fraction of sp³-hybridized carbons (Fsp3) is 0.500. The van der Waals surface area contributed by atoms with Gasteiger partial charge in [0.25, 0.3) is 0 Å². The molecule has 0 saturated carbocycles. The molecule has 1 atom stereocenters. The molecule has 140 valence electrons. The molecule has 2 aromatic rings. The van der Waals surface area contributed by atoms with E-state index < -0.39 is 0 Å². The summed E-state index contributed by atoms with van der Waals surface area (Å²) < 4.78 is 10.6. The van der Waals surface area contributed by atoms with E-state index in [0.717, 1.165) is 0 Å². The molecule has 26 heavy (non-hydrogen) atoms. The van der Waals surface area contributed by atoms with Gasteiger partial charge in [0.1, 0.15) is 0 Å². The Bertz CT molecular complexity index is 786. The average molecular weight is 353 g/mol. The zero-order chi connectivity index (χ0) is 19.2. The lowest BCUT2D eigenvalue weighted by atomic mass is 9.56. The van der Waals surface area contributed by atoms with Gasteiger partial charge in [0, 0.05) is 19.6 Å². The SMILES string of the molecule is COCc1ccc(C2(C)c3ccc(COC)cc3C(C)(C)C2(C)C)cc1. The van der Waals surface area contributed by atoms with Gasteiger partial charge >= 0.3 is 0 Å². The lowest BCUT2D eigenvalue weighted by molar-refractivity contribution is 0.139. The molecule has 0 amide bonds. The molecule has 2 aromatic carbocycles. The third-order valence-corrected chi connectivity index (χ3v) is 7.26. The minimum absolute atomic E-state index is 0.0525. The van der Waals surface area contributed by atoms with Crippen LogP contribution in [0.25, 0.3) is 0 Å². The largest absolute Gasteiger partial charge is 0.380 e. The normalized spacial score (nSPS) is 23.0. The first-order chi connectivity index (χ1) is 12.2. The van der Waals surface area contributed by atoms with Gasteiger partial charge in [-0.2, -0.15) is 0 Å². The molecule has 2 nitrogen and oxygen atoms in total. The Kier molecular flexibility index (Phi) is 4.79. The summed E-state index contributed by atoms with van der Waals surface area (Å²) in [7, 11) is 3.50. The molecule has 0 radical (unpaired) electrons. The van der Waals surface area contributed by atoms with Crippen molar-refractivity contribution in [3.63, 3.8) is 0 Å². The third-order valence-electron chi connectivity index (χ3n) is 7.26. The van der Waals surface area contributed by atoms with Gasteiger partial charge in [0.05, 0.1) is 13.2 Å². The van der Waals surface area contributed by atoms with Gasteiger partial charge in [0.2, 0.25) is 0 Å². The van der Waals surface area contributed by atoms with Crippen LogP contribution in [0.5, 0.6) is 0 Å². The van der Waals surface area contributed by atoms with Crippen molar-refractivity contribution in [2.75, 3.05) is 14.2 Å². The maximum absolute atomic E-state index is 5.37. The van der Waals surface area contributed by atoms with Crippen LogP contribution in [0.3, 0.4) is 0 Å². The summed E-state index contributed by atoms with van der Waals surface area (Å²) in [6, 6.07) is 15.9. The Hall–Kier alpha value is -1.64. The quantitative estimate of drug-likeness (QED) is 0.697. The Morgan fingerprint density at radius 2 is 1.23 bits per heavy atom. The van der Waals surface area contributed by atoms with Gasteiger partial charge in [-0.1, -0.05) is 77.1 Å². The molecule has 0 fully saturated rings. The van der Waals surface area contributed by atoms with Crippen LogP contribution in [-0.4, -0.2) is 14.2 Å². The second kappa shape index (κ2) is 6.51. The van der Waals surface area contributed by atoms with Crippen molar-refractivity contribution in [1.29, 1.82) is 0 Å². The Morgan fingerprint density at radius 1 is 0.692 bits per heavy atom. The summed E-state index contributed by atoms with van der Waals surface area (Å²) in [4.78, 5) is 0. The van der Waals surface area contributed by atoms with Crippen LogP contribution in [0.4, 0.5) is 0 Å². The highest BCUT2D eigenvalue weighted by molar-refractivity contribution is 5.56. The van der Waals surface area contributed by atoms with E-state index in [0.29, 0.717) is 13.2 Å². The van der Waals surface area contributed by atoms with E-state index in [1.54, 1.807) is 14.2 Å². The molecule has 0 aliphatic heterocycles. The van der Waals surface area contributed by atoms with Crippen molar-refractivity contribution >= 4 is 0 Å². The van der Waals surface area contributed by atoms with Gasteiger partial charge in [-0.15, -0.1) is 0 Å². The van der Waals surface area contributed by atoms with E-state index in [2.05, 4.69) is 77.1 Å². The van der Waals surface area contributed by atoms with E-state index in [9.17, 15) is 0 Å². The van der Waals surface area contributed by atoms with Crippen LogP contribution in [0, 0.1) is 5.41 Å². The first-order valence-electron chi connectivity index (χ1n) is 9.41. The van der Waals surface area contributed by atoms with Crippen molar-refractivity contribution in [1.82, 2.24) is 0 Å². The number of fused-ring (bicyclic) bond motifs is 1. The van der Waals surface area contributed by atoms with E-state index in [-0.39, 0.29) is 16.2 Å². The van der Waals surface area contributed by atoms with Crippen molar-refractivity contribution in [3.8, 4) is 0 Å². The topological polar surface area (TPSA) is 18.5 Å². The number of ether oxygens (including phenoxy) is 2. The minimum atomic E-state index is -0.0525. The van der Waals surface area contributed by atoms with Crippen LogP contribution in [0.1, 0.15) is 62.4 Å². The predicted octanol–water partition coefficient (Wildman–Crippen LogP) is 5.60. The summed E-state index contributed by atoms with van der Waals surface area (Å²) in [6.07, 6.45) is 0. The van der Waals surface area contributed by atoms with Crippen LogP contribution in [0.2, 0.25) is 0 Å². The zero-order valence-electron chi connectivity index (χ0n) is 17.3. The lowest BCUT2D eigenvalue weighted by Crippen LogP contribution is -2.44. The van der Waals surface area contributed by atoms with Gasteiger partial charge in [-0.05, 0) is 38.6 Å². The van der Waals surface area contributed by atoms with Crippen LogP contribution in [0.15, 0.2) is 42.5 Å². The molecule has 2 heteroatoms. The van der Waals surface area contributed by atoms with Gasteiger partial charge in [-0.25, -0.2) is 0 Å². The van der Waals surface area contributed by atoms with Crippen molar-refractivity contribution in [2.45, 2.75) is 58.7 Å². The van der Waals surface area contributed by atoms with Gasteiger partial charge in [0.15, 0.2) is 0 Å². The maximum Gasteiger partial charge on any atom is 0.0713 e. The zero-order valence-corrected chi connectivity index (χ0v) is 17.3. The van der Waals surface area contributed by atoms with Crippen molar-refractivity contribution in [3.05, 3.63) is 70.3 Å². The summed E-state index contributed by atoms with van der Waals surface area (Å²) in [5, 5.41) is 0. The summed E-state index contributed by atoms with van der Waals surface area (Å²) in [6.45, 7) is 13.3. The molecule has 0 spiro atoms. The molecule has 1 unspecified atom stereocenters. The maximum atomic E-state index is 5.37. The highest BCUT2D eigenvalue weighted by Crippen LogP contribution is 2.64. The van der Waals surface area contributed by atoms with E-state index >= 15 is 0 Å². The minimum Gasteiger partial charge on any atom is -0.380 e. The van der Waals surface area contributed by atoms with Crippen LogP contribution >= 0.6 is 0 Å². The van der Waals surface area contributed by atoms with Gasteiger partial charge in [-0.3, -0.25) is 0 Å². The monoisotopic (exact) mass is 352 g/mol. The number of hydrogen-bond donors (Lipinski definition) is 0. The number of rotatable bonds is 5. The molecule has 1 aliphatic carbocycles. The fourth-order valence-corrected chi connectivity index (χ4v) is 4.72. The molecule has 0 N–H and O–H groups in total. The number of hydrogen-bond acceptors (Lipinski definition) is 2. The van der Waals surface area contributed by atoms with E-state index in [4.69, 9.17) is 9.47 Å². The fourth-order valence-electron chi connectivity index (χ4n) is 4.72. The molecule has 0 bridgehead atoms. The van der Waals surface area contributed by atoms with Crippen LogP contribution < -0.4 is 0 Å². The summed E-state index contributed by atoms with van der Waals surface area (Å²) in [5.74, 6) is 0. The van der Waals surface area contributed by atoms with Gasteiger partial charge < -0.3 is 9.47 Å². The van der Waals surface area contributed by atoms with Crippen molar-refractivity contribution in [2.24, 2.45) is 5.41 Å². The Labute approximate surface area is 158 Å². The highest BCUT2D eigenvalue weighted by Gasteiger charge is 2.59. The predicted molar refractivity (Wildman–Crippen MR) is 108 cm³/mol. The molecule has 3 rings (SSSR count). The molecule has 1 aliphatic rings. The average Bonchev–Trinajstić information content (AvgIpc) is 2.72. The number of methoxy groups -OCH3 is 2. The molecular weight excluding hydrogens is 320 g/mol. The van der Waals surface area contributed by atoms with Crippen molar-refractivity contribution < 1.29 is 9.47 Å². The smallest absolute Gasteiger partial charge is 0.0713 e. The molecule has 0 saturated heterocycles. The summed E-state index contributed by atoms with van der Waals surface area (Å²) in [5.41, 5.74) is 6.78.